The van der Waals surface area contributed by atoms with Crippen LogP contribution in [0.2, 0.25) is 0 Å². The maximum atomic E-state index is 12.9. The van der Waals surface area contributed by atoms with Gasteiger partial charge in [0, 0.05) is 30.8 Å². The van der Waals surface area contributed by atoms with Crippen molar-refractivity contribution in [3.05, 3.63) is 38.0 Å². The first-order chi connectivity index (χ1) is 20.6. The van der Waals surface area contributed by atoms with Crippen LogP contribution in [0.5, 0.6) is 0 Å². The molecule has 0 spiro atoms. The molecule has 1 aliphatic rings. The molecular formula is C28H39N5O9S2. The number of thiol groups is 1. The lowest BCUT2D eigenvalue weighted by Gasteiger charge is -2.46. The number of anilines is 1. The zero-order valence-corrected chi connectivity index (χ0v) is 26.7. The highest BCUT2D eigenvalue weighted by Crippen LogP contribution is 2.45. The Morgan fingerprint density at radius 3 is 1.91 bits per heavy atom. The molecule has 3 N–H and O–H groups in total. The summed E-state index contributed by atoms with van der Waals surface area (Å²) in [6.07, 6.45) is 4.00. The molecule has 3 amide bonds. The predicted octanol–water partition coefficient (Wildman–Crippen LogP) is 3.43. The first kappa shape index (κ1) is 36.3. The fourth-order valence-corrected chi connectivity index (χ4v) is 5.89. The molecule has 0 radical (unpaired) electrons. The molecule has 1 aliphatic carbocycles. The van der Waals surface area contributed by atoms with Crippen LogP contribution in [0.4, 0.5) is 14.7 Å². The molecule has 2 rings (SSSR count). The highest BCUT2D eigenvalue weighted by Gasteiger charge is 2.42. The number of hydrogen-bond donors (Lipinski definition) is 4. The van der Waals surface area contributed by atoms with E-state index in [1.165, 1.54) is 0 Å². The molecule has 1 aromatic rings. The molecule has 242 valence electrons. The molecule has 1 saturated carbocycles. The standard InChI is InChI=1S/C28H39N5O9S2/c1-7-19(34)39-14-28(15-40-20(35)8-2,16-41-21(36)9-3)17-42-24(38)29-13-27(6)11-18(10-26(4,5)12-27)30-22(37)31-23-32-33-25(43)44-23/h7-9,18H,1-3,10-17H2,4-6H3,(H,29,38)(H,33,43)(H2,30,31,32,37). The molecule has 1 aromatic heterocycles. The second kappa shape index (κ2) is 16.2. The quantitative estimate of drug-likeness (QED) is 0.0715. The normalized spacial score (nSPS) is 19.0. The smallest absolute Gasteiger partial charge is 0.407 e. The Balaban J connectivity index is 2.07. The number of amides is 3. The Labute approximate surface area is 265 Å². The summed E-state index contributed by atoms with van der Waals surface area (Å²) in [4.78, 5) is 60.8. The van der Waals surface area contributed by atoms with Crippen LogP contribution in [-0.2, 0) is 33.3 Å². The minimum atomic E-state index is -1.45. The molecule has 1 fully saturated rings. The third-order valence-electron chi connectivity index (χ3n) is 6.64. The average molecular weight is 654 g/mol. The number of alkyl carbamates (subject to hydrolysis) is 1. The molecule has 14 nitrogen and oxygen atoms in total. The van der Waals surface area contributed by atoms with E-state index >= 15 is 0 Å². The number of carbonyl (C=O) groups excluding carboxylic acids is 5. The summed E-state index contributed by atoms with van der Waals surface area (Å²) < 4.78 is 21.3. The Hall–Kier alpha value is -3.92. The predicted molar refractivity (Wildman–Crippen MR) is 164 cm³/mol. The van der Waals surface area contributed by atoms with E-state index in [-0.39, 0.29) is 18.0 Å². The highest BCUT2D eigenvalue weighted by molar-refractivity contribution is 7.82. The number of rotatable bonds is 15. The van der Waals surface area contributed by atoms with Gasteiger partial charge in [-0.05, 0) is 30.1 Å². The van der Waals surface area contributed by atoms with Gasteiger partial charge in [0.25, 0.3) is 0 Å². The molecule has 0 saturated heterocycles. The van der Waals surface area contributed by atoms with Crippen molar-refractivity contribution in [2.24, 2.45) is 16.2 Å². The molecule has 2 atom stereocenters. The van der Waals surface area contributed by atoms with Gasteiger partial charge < -0.3 is 29.6 Å². The van der Waals surface area contributed by atoms with E-state index in [0.717, 1.165) is 36.0 Å². The van der Waals surface area contributed by atoms with Crippen LogP contribution in [0.1, 0.15) is 40.0 Å². The summed E-state index contributed by atoms with van der Waals surface area (Å²) >= 11 is 5.23. The van der Waals surface area contributed by atoms with E-state index in [4.69, 9.17) is 18.9 Å². The maximum Gasteiger partial charge on any atom is 0.407 e. The van der Waals surface area contributed by atoms with Crippen molar-refractivity contribution in [1.82, 2.24) is 20.8 Å². The molecule has 0 aliphatic heterocycles. The van der Waals surface area contributed by atoms with Crippen LogP contribution in [-0.4, -0.2) is 79.2 Å². The third kappa shape index (κ3) is 12.4. The lowest BCUT2D eigenvalue weighted by molar-refractivity contribution is -0.159. The summed E-state index contributed by atoms with van der Waals surface area (Å²) in [6.45, 7) is 14.6. The Morgan fingerprint density at radius 2 is 1.43 bits per heavy atom. The number of esters is 3. The SMILES string of the molecule is C=CC(=O)OCC(COC(=O)C=C)(COC(=O)C=C)COC(=O)NCC1(C)CC(NC(=O)Nc2nnc(S)s2)CC(C)(C)C1. The van der Waals surface area contributed by atoms with Gasteiger partial charge in [-0.25, -0.2) is 24.0 Å². The molecule has 0 bridgehead atoms. The van der Waals surface area contributed by atoms with Crippen molar-refractivity contribution in [2.75, 3.05) is 38.3 Å². The van der Waals surface area contributed by atoms with Crippen LogP contribution >= 0.6 is 24.0 Å². The number of ether oxygens (including phenoxy) is 4. The minimum absolute atomic E-state index is 0.161. The van der Waals surface area contributed by atoms with Gasteiger partial charge in [-0.1, -0.05) is 51.8 Å². The molecule has 1 heterocycles. The summed E-state index contributed by atoms with van der Waals surface area (Å²) in [6, 6.07) is -0.619. The third-order valence-corrected chi connectivity index (χ3v) is 7.65. The van der Waals surface area contributed by atoms with Crippen LogP contribution < -0.4 is 16.0 Å². The summed E-state index contributed by atoms with van der Waals surface area (Å²) in [5, 5.41) is 16.3. The lowest BCUT2D eigenvalue weighted by Crippen LogP contribution is -2.51. The zero-order valence-electron chi connectivity index (χ0n) is 25.0. The van der Waals surface area contributed by atoms with Gasteiger partial charge in [-0.2, -0.15) is 0 Å². The van der Waals surface area contributed by atoms with Crippen LogP contribution in [0.3, 0.4) is 0 Å². The molecular weight excluding hydrogens is 614 g/mol. The number of urea groups is 1. The van der Waals surface area contributed by atoms with Gasteiger partial charge in [0.2, 0.25) is 5.13 Å². The number of hydrogen-bond acceptors (Lipinski definition) is 13. The zero-order chi connectivity index (χ0) is 33.0. The van der Waals surface area contributed by atoms with Crippen molar-refractivity contribution in [3.63, 3.8) is 0 Å². The first-order valence-corrected chi connectivity index (χ1v) is 14.8. The minimum Gasteiger partial charge on any atom is -0.462 e. The van der Waals surface area contributed by atoms with Crippen molar-refractivity contribution in [1.29, 1.82) is 0 Å². The lowest BCUT2D eigenvalue weighted by atomic mass is 9.62. The monoisotopic (exact) mass is 653 g/mol. The molecule has 2 unspecified atom stereocenters. The Kier molecular flexibility index (Phi) is 13.4. The van der Waals surface area contributed by atoms with Crippen molar-refractivity contribution in [2.45, 2.75) is 50.4 Å². The second-order valence-corrected chi connectivity index (χ2v) is 13.3. The van der Waals surface area contributed by atoms with Gasteiger partial charge in [0.15, 0.2) is 4.34 Å². The van der Waals surface area contributed by atoms with E-state index in [9.17, 15) is 24.0 Å². The topological polar surface area (TPSA) is 184 Å². The van der Waals surface area contributed by atoms with Crippen LogP contribution in [0, 0.1) is 16.2 Å². The summed E-state index contributed by atoms with van der Waals surface area (Å²) in [5.41, 5.74) is -2.03. The van der Waals surface area contributed by atoms with E-state index in [1.807, 2.05) is 6.92 Å². The number of nitrogens with one attached hydrogen (secondary N) is 3. The van der Waals surface area contributed by atoms with Gasteiger partial charge in [0.05, 0.1) is 0 Å². The highest BCUT2D eigenvalue weighted by atomic mass is 32.2. The second-order valence-electron chi connectivity index (χ2n) is 11.6. The van der Waals surface area contributed by atoms with E-state index in [0.29, 0.717) is 22.3 Å². The fourth-order valence-electron chi connectivity index (χ4n) is 5.11. The molecule has 44 heavy (non-hydrogen) atoms. The van der Waals surface area contributed by atoms with Crippen molar-refractivity contribution < 1.29 is 42.9 Å². The maximum absolute atomic E-state index is 12.9. The van der Waals surface area contributed by atoms with E-state index in [1.54, 1.807) is 0 Å². The average Bonchev–Trinajstić information content (AvgIpc) is 3.37. The molecule has 0 aromatic carbocycles. The van der Waals surface area contributed by atoms with Gasteiger partial charge in [-0.15, -0.1) is 22.8 Å². The van der Waals surface area contributed by atoms with Crippen molar-refractivity contribution in [3.8, 4) is 0 Å². The first-order valence-electron chi connectivity index (χ1n) is 13.5. The van der Waals surface area contributed by atoms with Gasteiger partial charge >= 0.3 is 30.0 Å². The van der Waals surface area contributed by atoms with Gasteiger partial charge in [0.1, 0.15) is 31.8 Å². The summed E-state index contributed by atoms with van der Waals surface area (Å²) in [7, 11) is 0. The number of nitrogens with zero attached hydrogens (tertiary/aromatic N) is 2. The fraction of sp³-hybridized carbons (Fsp3) is 0.536. The number of carbonyl (C=O) groups is 5. The Morgan fingerprint density at radius 1 is 0.909 bits per heavy atom. The van der Waals surface area contributed by atoms with E-state index in [2.05, 4.69) is 72.4 Å². The Bertz CT molecular complexity index is 1190. The van der Waals surface area contributed by atoms with E-state index < -0.39 is 67.3 Å². The molecule has 16 heteroatoms. The van der Waals surface area contributed by atoms with Crippen LogP contribution in [0.25, 0.3) is 0 Å². The van der Waals surface area contributed by atoms with Crippen molar-refractivity contribution >= 4 is 59.1 Å². The van der Waals surface area contributed by atoms with Gasteiger partial charge in [-0.3, -0.25) is 5.32 Å². The number of aromatic nitrogens is 2. The van der Waals surface area contributed by atoms with Crippen LogP contribution in [0.15, 0.2) is 42.3 Å². The summed E-state index contributed by atoms with van der Waals surface area (Å²) in [5.74, 6) is -2.37. The largest absolute Gasteiger partial charge is 0.462 e.